The van der Waals surface area contributed by atoms with Crippen molar-refractivity contribution in [3.8, 4) is 39.5 Å². The number of carbonyl (C=O) groups is 1. The van der Waals surface area contributed by atoms with Gasteiger partial charge in [0.15, 0.2) is 5.65 Å². The van der Waals surface area contributed by atoms with Crippen molar-refractivity contribution in [3.05, 3.63) is 73.1 Å². The van der Waals surface area contributed by atoms with Gasteiger partial charge < -0.3 is 25.3 Å². The molecule has 1 saturated heterocycles. The summed E-state index contributed by atoms with van der Waals surface area (Å²) in [5, 5.41) is 15.6. The number of ether oxygens (including phenoxy) is 1. The number of anilines is 1. The number of halogens is 1. The number of benzene rings is 1. The number of piperidine rings is 1. The van der Waals surface area contributed by atoms with E-state index in [0.717, 1.165) is 59.0 Å². The highest BCUT2D eigenvalue weighted by atomic mass is 19.1. The van der Waals surface area contributed by atoms with E-state index < -0.39 is 5.82 Å². The maximum absolute atomic E-state index is 14.7. The van der Waals surface area contributed by atoms with Crippen molar-refractivity contribution in [1.82, 2.24) is 40.3 Å². The first-order chi connectivity index (χ1) is 22.9. The molecule has 1 aromatic carbocycles. The molecule has 47 heavy (non-hydrogen) atoms. The third-order valence-corrected chi connectivity index (χ3v) is 8.46. The molecular weight excluding hydrogens is 597 g/mol. The van der Waals surface area contributed by atoms with Gasteiger partial charge in [-0.25, -0.2) is 9.37 Å². The van der Waals surface area contributed by atoms with E-state index in [-0.39, 0.29) is 5.91 Å². The topological polar surface area (TPSA) is 137 Å². The summed E-state index contributed by atoms with van der Waals surface area (Å²) in [7, 11) is 3.92. The molecule has 1 aliphatic heterocycles. The summed E-state index contributed by atoms with van der Waals surface area (Å²) in [6.45, 7) is 3.07. The van der Waals surface area contributed by atoms with E-state index in [1.54, 1.807) is 24.8 Å². The van der Waals surface area contributed by atoms with Gasteiger partial charge in [0.2, 0.25) is 5.91 Å². The van der Waals surface area contributed by atoms with Crippen LogP contribution in [-0.2, 0) is 4.79 Å². The molecule has 6 heterocycles. The van der Waals surface area contributed by atoms with Gasteiger partial charge in [-0.1, -0.05) is 0 Å². The van der Waals surface area contributed by atoms with E-state index in [1.165, 1.54) is 12.1 Å². The molecule has 1 amide bonds. The third-order valence-electron chi connectivity index (χ3n) is 8.46. The second-order valence-electron chi connectivity index (χ2n) is 12.2. The number of likely N-dealkylation sites (N-methyl/N-ethyl adjacent to an activating group) is 1. The summed E-state index contributed by atoms with van der Waals surface area (Å²) < 4.78 is 20.5. The maximum Gasteiger partial charge on any atom is 0.224 e. The quantitative estimate of drug-likeness (QED) is 0.152. The second kappa shape index (κ2) is 13.3. The fourth-order valence-corrected chi connectivity index (χ4v) is 6.03. The number of nitrogens with zero attached hydrogens (tertiary/aromatic N) is 5. The molecule has 11 nitrogen and oxygen atoms in total. The number of nitrogens with one attached hydrogen (secondary N) is 4. The van der Waals surface area contributed by atoms with Crippen LogP contribution in [0.5, 0.6) is 5.75 Å². The van der Waals surface area contributed by atoms with Crippen LogP contribution < -0.4 is 15.4 Å². The van der Waals surface area contributed by atoms with Crippen LogP contribution in [0.15, 0.2) is 67.3 Å². The minimum Gasteiger partial charge on any atom is -0.492 e. The molecule has 0 atom stereocenters. The minimum atomic E-state index is -0.395. The number of aromatic nitrogens is 6. The van der Waals surface area contributed by atoms with Crippen LogP contribution in [0.2, 0.25) is 0 Å². The Kier molecular flexibility index (Phi) is 8.60. The molecule has 1 fully saturated rings. The predicted molar refractivity (Wildman–Crippen MR) is 180 cm³/mol. The lowest BCUT2D eigenvalue weighted by Gasteiger charge is -2.21. The molecule has 7 rings (SSSR count). The molecule has 6 aromatic rings. The van der Waals surface area contributed by atoms with Crippen molar-refractivity contribution in [2.45, 2.75) is 19.3 Å². The zero-order valence-corrected chi connectivity index (χ0v) is 26.3. The third kappa shape index (κ3) is 6.83. The Labute approximate surface area is 271 Å². The highest BCUT2D eigenvalue weighted by Gasteiger charge is 2.19. The maximum atomic E-state index is 14.7. The number of rotatable bonds is 10. The van der Waals surface area contributed by atoms with Crippen molar-refractivity contribution in [3.63, 3.8) is 0 Å². The monoisotopic (exact) mass is 633 g/mol. The highest BCUT2D eigenvalue weighted by molar-refractivity contribution is 6.00. The predicted octanol–water partition coefficient (Wildman–Crippen LogP) is 5.64. The van der Waals surface area contributed by atoms with Gasteiger partial charge in [-0.05, 0) is 82.3 Å². The van der Waals surface area contributed by atoms with E-state index in [9.17, 15) is 9.18 Å². The van der Waals surface area contributed by atoms with Crippen molar-refractivity contribution in [1.29, 1.82) is 0 Å². The zero-order valence-electron chi connectivity index (χ0n) is 26.3. The molecule has 0 aliphatic carbocycles. The van der Waals surface area contributed by atoms with Gasteiger partial charge in [-0.3, -0.25) is 19.9 Å². The van der Waals surface area contributed by atoms with Gasteiger partial charge in [0.05, 0.1) is 23.3 Å². The Hall–Kier alpha value is -5.20. The van der Waals surface area contributed by atoms with Crippen LogP contribution in [0.4, 0.5) is 10.1 Å². The molecule has 0 bridgehead atoms. The van der Waals surface area contributed by atoms with Crippen LogP contribution in [0.1, 0.15) is 19.3 Å². The van der Waals surface area contributed by atoms with E-state index >= 15 is 0 Å². The van der Waals surface area contributed by atoms with Crippen LogP contribution in [0, 0.1) is 11.7 Å². The largest absolute Gasteiger partial charge is 0.492 e. The van der Waals surface area contributed by atoms with Crippen LogP contribution in [0.25, 0.3) is 55.7 Å². The van der Waals surface area contributed by atoms with Gasteiger partial charge in [0, 0.05) is 70.6 Å². The van der Waals surface area contributed by atoms with Gasteiger partial charge in [0.25, 0.3) is 0 Å². The van der Waals surface area contributed by atoms with E-state index in [2.05, 4.69) is 40.8 Å². The van der Waals surface area contributed by atoms with Crippen molar-refractivity contribution >= 4 is 33.5 Å². The molecule has 5 aromatic heterocycles. The molecular formula is C35H36FN9O2. The first-order valence-electron chi connectivity index (χ1n) is 15.8. The van der Waals surface area contributed by atoms with Gasteiger partial charge in [-0.15, -0.1) is 0 Å². The summed E-state index contributed by atoms with van der Waals surface area (Å²) in [6.07, 6.45) is 9.40. The summed E-state index contributed by atoms with van der Waals surface area (Å²) in [5.74, 6) is 0.455. The summed E-state index contributed by atoms with van der Waals surface area (Å²) in [5.41, 5.74) is 6.46. The van der Waals surface area contributed by atoms with Gasteiger partial charge >= 0.3 is 0 Å². The summed E-state index contributed by atoms with van der Waals surface area (Å²) >= 11 is 0. The second-order valence-corrected chi connectivity index (χ2v) is 12.2. The highest BCUT2D eigenvalue weighted by Crippen LogP contribution is 2.35. The van der Waals surface area contributed by atoms with Gasteiger partial charge in [0.1, 0.15) is 23.9 Å². The van der Waals surface area contributed by atoms with E-state index in [1.807, 2.05) is 49.3 Å². The molecule has 0 radical (unpaired) electrons. The van der Waals surface area contributed by atoms with E-state index in [0.29, 0.717) is 59.5 Å². The number of carbonyl (C=O) groups excluding carboxylic acids is 1. The molecule has 12 heteroatoms. The van der Waals surface area contributed by atoms with E-state index in [4.69, 9.17) is 4.74 Å². The summed E-state index contributed by atoms with van der Waals surface area (Å²) in [4.78, 5) is 31.8. The van der Waals surface area contributed by atoms with Crippen molar-refractivity contribution < 1.29 is 13.9 Å². The molecule has 0 saturated carbocycles. The van der Waals surface area contributed by atoms with Crippen molar-refractivity contribution in [2.75, 3.05) is 45.7 Å². The number of hydrogen-bond acceptors (Lipinski definition) is 8. The number of H-pyrrole nitrogens is 2. The standard InChI is InChI=1S/C35H36FN9O2/c1-45(2)9-10-47-27-14-22(12-25(36)16-27)33-28-17-31(42-30(28)5-8-39-33)34-29-15-24(19-40-35(29)44-43-34)23-13-26(20-38-18-23)41-32(46)11-21-3-6-37-7-4-21/h5,8,12-21,37,42H,3-4,6-7,9-11H2,1-2H3,(H,41,46)(H,40,43,44). The first-order valence-corrected chi connectivity index (χ1v) is 15.8. The number of hydrogen-bond donors (Lipinski definition) is 4. The van der Waals surface area contributed by atoms with Gasteiger partial charge in [-0.2, -0.15) is 5.10 Å². The number of amides is 1. The fraction of sp³-hybridized carbons (Fsp3) is 0.286. The van der Waals surface area contributed by atoms with Crippen LogP contribution in [0.3, 0.4) is 0 Å². The lowest BCUT2D eigenvalue weighted by Crippen LogP contribution is -2.30. The average Bonchev–Trinajstić information content (AvgIpc) is 3.69. The normalized spacial score (nSPS) is 13.9. The first kappa shape index (κ1) is 30.5. The van der Waals surface area contributed by atoms with Crippen LogP contribution in [-0.4, -0.2) is 81.3 Å². The Morgan fingerprint density at radius 1 is 0.979 bits per heavy atom. The number of pyridine rings is 3. The Morgan fingerprint density at radius 2 is 1.83 bits per heavy atom. The number of aromatic amines is 2. The molecule has 1 aliphatic rings. The lowest BCUT2D eigenvalue weighted by atomic mass is 9.94. The lowest BCUT2D eigenvalue weighted by molar-refractivity contribution is -0.117. The smallest absolute Gasteiger partial charge is 0.224 e. The minimum absolute atomic E-state index is 0.000496. The zero-order chi connectivity index (χ0) is 32.3. The fourth-order valence-electron chi connectivity index (χ4n) is 6.03. The Balaban J connectivity index is 1.16. The number of fused-ring (bicyclic) bond motifs is 2. The Bertz CT molecular complexity index is 2050. The molecule has 240 valence electrons. The SMILES string of the molecule is CN(C)CCOc1cc(F)cc(-c2nccc3[nH]c(-c4n[nH]c5ncc(-c6cncc(NC(=O)CC7CCNCC7)c6)cc45)cc23)c1. The summed E-state index contributed by atoms with van der Waals surface area (Å²) in [6, 6.07) is 12.4. The molecule has 0 unspecified atom stereocenters. The Morgan fingerprint density at radius 3 is 2.68 bits per heavy atom. The van der Waals surface area contributed by atoms with Crippen LogP contribution >= 0.6 is 0 Å². The van der Waals surface area contributed by atoms with Crippen molar-refractivity contribution in [2.24, 2.45) is 5.92 Å². The average molecular weight is 634 g/mol. The molecule has 4 N–H and O–H groups in total. The molecule has 0 spiro atoms.